The lowest BCUT2D eigenvalue weighted by Gasteiger charge is -2.36. The van der Waals surface area contributed by atoms with Crippen LogP contribution >= 0.6 is 0 Å². The average Bonchev–Trinajstić information content (AvgIpc) is 2.47. The van der Waals surface area contributed by atoms with E-state index in [4.69, 9.17) is 5.26 Å². The van der Waals surface area contributed by atoms with Crippen LogP contribution in [0.4, 0.5) is 5.82 Å². The van der Waals surface area contributed by atoms with E-state index in [2.05, 4.69) is 31.1 Å². The van der Waals surface area contributed by atoms with Gasteiger partial charge in [-0.3, -0.25) is 4.79 Å². The number of hydrogen-bond donors (Lipinski definition) is 1. The molecule has 0 aromatic carbocycles. The fraction of sp³-hybridized carbons (Fsp3) is 0.588. The van der Waals surface area contributed by atoms with Crippen LogP contribution in [0.2, 0.25) is 0 Å². The highest BCUT2D eigenvalue weighted by atomic mass is 16.1. The number of hydrogen-bond acceptors (Lipinski definition) is 3. The van der Waals surface area contributed by atoms with Gasteiger partial charge in [0.15, 0.2) is 0 Å². The standard InChI is InChI=1S/C17H23N3O/c1-17(2,3)14-7-5-13(6-8-14)16(21)20-15-9-4-12(10-18)11-19-15/h4,9,11,13-14H,5-8H2,1-3H3,(H,19,20,21). The zero-order valence-corrected chi connectivity index (χ0v) is 13.0. The molecule has 0 saturated heterocycles. The first-order valence-electron chi connectivity index (χ1n) is 7.57. The fourth-order valence-corrected chi connectivity index (χ4v) is 2.98. The predicted molar refractivity (Wildman–Crippen MR) is 82.5 cm³/mol. The number of carbonyl (C=O) groups excluding carboxylic acids is 1. The Kier molecular flexibility index (Phi) is 4.62. The Labute approximate surface area is 126 Å². The average molecular weight is 285 g/mol. The third kappa shape index (κ3) is 4.04. The van der Waals surface area contributed by atoms with Crippen LogP contribution in [-0.2, 0) is 4.79 Å². The Bertz CT molecular complexity index is 529. The van der Waals surface area contributed by atoms with Crippen molar-refractivity contribution in [2.45, 2.75) is 46.5 Å². The number of nitrogens with one attached hydrogen (secondary N) is 1. The number of rotatable bonds is 2. The molecule has 1 aromatic heterocycles. The predicted octanol–water partition coefficient (Wildman–Crippen LogP) is 3.74. The second kappa shape index (κ2) is 6.26. The van der Waals surface area contributed by atoms with Crippen molar-refractivity contribution in [1.29, 1.82) is 5.26 Å². The molecule has 0 bridgehead atoms. The van der Waals surface area contributed by atoms with Gasteiger partial charge in [-0.05, 0) is 49.1 Å². The number of aromatic nitrogens is 1. The molecule has 1 heterocycles. The van der Waals surface area contributed by atoms with Crippen molar-refractivity contribution in [2.24, 2.45) is 17.3 Å². The van der Waals surface area contributed by atoms with Gasteiger partial charge < -0.3 is 5.32 Å². The first-order chi connectivity index (χ1) is 9.90. The summed E-state index contributed by atoms with van der Waals surface area (Å²) in [5, 5.41) is 11.6. The highest BCUT2D eigenvalue weighted by molar-refractivity contribution is 5.91. The van der Waals surface area contributed by atoms with Crippen LogP contribution in [0.3, 0.4) is 0 Å². The van der Waals surface area contributed by atoms with Crippen molar-refractivity contribution >= 4 is 11.7 Å². The molecule has 2 rings (SSSR count). The molecule has 21 heavy (non-hydrogen) atoms. The molecule has 4 heteroatoms. The fourth-order valence-electron chi connectivity index (χ4n) is 2.98. The van der Waals surface area contributed by atoms with Crippen molar-refractivity contribution in [2.75, 3.05) is 5.32 Å². The molecule has 1 saturated carbocycles. The van der Waals surface area contributed by atoms with Gasteiger partial charge in [0.05, 0.1) is 5.56 Å². The quantitative estimate of drug-likeness (QED) is 0.900. The van der Waals surface area contributed by atoms with Gasteiger partial charge in [0.1, 0.15) is 11.9 Å². The molecular weight excluding hydrogens is 262 g/mol. The minimum absolute atomic E-state index is 0.0552. The molecule has 0 aliphatic heterocycles. The molecular formula is C17H23N3O. The number of nitrogens with zero attached hydrogens (tertiary/aromatic N) is 2. The molecule has 1 fully saturated rings. The maximum Gasteiger partial charge on any atom is 0.228 e. The van der Waals surface area contributed by atoms with Gasteiger partial charge in [0.25, 0.3) is 0 Å². The van der Waals surface area contributed by atoms with Crippen molar-refractivity contribution in [3.8, 4) is 6.07 Å². The van der Waals surface area contributed by atoms with Gasteiger partial charge in [-0.15, -0.1) is 0 Å². The third-order valence-corrected chi connectivity index (χ3v) is 4.47. The highest BCUT2D eigenvalue weighted by Gasteiger charge is 2.32. The monoisotopic (exact) mass is 285 g/mol. The van der Waals surface area contributed by atoms with Gasteiger partial charge >= 0.3 is 0 Å². The van der Waals surface area contributed by atoms with E-state index in [1.54, 1.807) is 12.1 Å². The number of pyridine rings is 1. The van der Waals surface area contributed by atoms with Crippen molar-refractivity contribution in [3.63, 3.8) is 0 Å². The van der Waals surface area contributed by atoms with Crippen LogP contribution in [-0.4, -0.2) is 10.9 Å². The Hall–Kier alpha value is -1.89. The van der Waals surface area contributed by atoms with Crippen molar-refractivity contribution in [3.05, 3.63) is 23.9 Å². The maximum atomic E-state index is 12.3. The van der Waals surface area contributed by atoms with Crippen LogP contribution in [0.25, 0.3) is 0 Å². The summed E-state index contributed by atoms with van der Waals surface area (Å²) in [5.41, 5.74) is 0.828. The minimum Gasteiger partial charge on any atom is -0.310 e. The summed E-state index contributed by atoms with van der Waals surface area (Å²) in [5.74, 6) is 1.37. The molecule has 0 radical (unpaired) electrons. The van der Waals surface area contributed by atoms with E-state index in [0.717, 1.165) is 25.7 Å². The van der Waals surface area contributed by atoms with Crippen LogP contribution in [0.1, 0.15) is 52.0 Å². The molecule has 1 N–H and O–H groups in total. The molecule has 0 spiro atoms. The summed E-state index contributed by atoms with van der Waals surface area (Å²) in [7, 11) is 0. The van der Waals surface area contributed by atoms with Crippen LogP contribution in [0.15, 0.2) is 18.3 Å². The van der Waals surface area contributed by atoms with E-state index in [9.17, 15) is 4.79 Å². The van der Waals surface area contributed by atoms with Gasteiger partial charge in [-0.2, -0.15) is 5.26 Å². The molecule has 0 unspecified atom stereocenters. The number of anilines is 1. The zero-order valence-electron chi connectivity index (χ0n) is 13.0. The Morgan fingerprint density at radius 1 is 1.29 bits per heavy atom. The van der Waals surface area contributed by atoms with E-state index in [0.29, 0.717) is 22.7 Å². The normalized spacial score (nSPS) is 22.4. The van der Waals surface area contributed by atoms with E-state index >= 15 is 0 Å². The topological polar surface area (TPSA) is 65.8 Å². The zero-order chi connectivity index (χ0) is 15.5. The van der Waals surface area contributed by atoms with E-state index in [1.165, 1.54) is 6.20 Å². The Balaban J connectivity index is 1.89. The highest BCUT2D eigenvalue weighted by Crippen LogP contribution is 2.39. The van der Waals surface area contributed by atoms with Gasteiger partial charge in [0, 0.05) is 12.1 Å². The van der Waals surface area contributed by atoms with Gasteiger partial charge in [-0.25, -0.2) is 4.98 Å². The first-order valence-corrected chi connectivity index (χ1v) is 7.57. The Morgan fingerprint density at radius 3 is 2.43 bits per heavy atom. The summed E-state index contributed by atoms with van der Waals surface area (Å²) in [4.78, 5) is 16.3. The largest absolute Gasteiger partial charge is 0.310 e. The molecule has 112 valence electrons. The van der Waals surface area contributed by atoms with Gasteiger partial charge in [-0.1, -0.05) is 20.8 Å². The van der Waals surface area contributed by atoms with E-state index in [1.807, 2.05) is 6.07 Å². The van der Waals surface area contributed by atoms with E-state index in [-0.39, 0.29) is 11.8 Å². The second-order valence-electron chi connectivity index (χ2n) is 6.95. The number of nitriles is 1. The van der Waals surface area contributed by atoms with Crippen molar-refractivity contribution < 1.29 is 4.79 Å². The summed E-state index contributed by atoms with van der Waals surface area (Å²) < 4.78 is 0. The summed E-state index contributed by atoms with van der Waals surface area (Å²) >= 11 is 0. The van der Waals surface area contributed by atoms with Crippen LogP contribution < -0.4 is 5.32 Å². The number of carbonyl (C=O) groups is 1. The molecule has 4 nitrogen and oxygen atoms in total. The van der Waals surface area contributed by atoms with Crippen molar-refractivity contribution in [1.82, 2.24) is 4.98 Å². The smallest absolute Gasteiger partial charge is 0.228 e. The lowest BCUT2D eigenvalue weighted by atomic mass is 9.70. The summed E-state index contributed by atoms with van der Waals surface area (Å²) in [6.45, 7) is 6.83. The number of amides is 1. The second-order valence-corrected chi connectivity index (χ2v) is 6.95. The molecule has 1 aromatic rings. The minimum atomic E-state index is 0.0552. The summed E-state index contributed by atoms with van der Waals surface area (Å²) in [6, 6.07) is 5.36. The lowest BCUT2D eigenvalue weighted by Crippen LogP contribution is -2.31. The molecule has 1 amide bonds. The Morgan fingerprint density at radius 2 is 1.95 bits per heavy atom. The molecule has 0 atom stereocenters. The van der Waals surface area contributed by atoms with Gasteiger partial charge in [0.2, 0.25) is 5.91 Å². The first kappa shape index (κ1) is 15.5. The molecule has 1 aliphatic carbocycles. The van der Waals surface area contributed by atoms with E-state index < -0.39 is 0 Å². The third-order valence-electron chi connectivity index (χ3n) is 4.47. The molecule has 1 aliphatic rings. The lowest BCUT2D eigenvalue weighted by molar-refractivity contribution is -0.121. The van der Waals surface area contributed by atoms with Crippen LogP contribution in [0, 0.1) is 28.6 Å². The summed E-state index contributed by atoms with van der Waals surface area (Å²) in [6.07, 6.45) is 5.60. The SMILES string of the molecule is CC(C)(C)C1CCC(C(=O)Nc2ccc(C#N)cn2)CC1. The maximum absolute atomic E-state index is 12.3. The van der Waals surface area contributed by atoms with Crippen LogP contribution in [0.5, 0.6) is 0 Å².